The van der Waals surface area contributed by atoms with E-state index in [-0.39, 0.29) is 11.9 Å². The van der Waals surface area contributed by atoms with E-state index in [9.17, 15) is 4.79 Å². The second-order valence-corrected chi connectivity index (χ2v) is 10.5. The lowest BCUT2D eigenvalue weighted by molar-refractivity contribution is -0.125. The van der Waals surface area contributed by atoms with Gasteiger partial charge in [-0.3, -0.25) is 4.79 Å². The van der Waals surface area contributed by atoms with Gasteiger partial charge in [-0.25, -0.2) is 19.6 Å². The molecule has 3 aromatic heterocycles. The summed E-state index contributed by atoms with van der Waals surface area (Å²) in [5.41, 5.74) is 14.4. The first-order valence-corrected chi connectivity index (χ1v) is 13.0. The van der Waals surface area contributed by atoms with E-state index in [2.05, 4.69) is 21.0 Å². The molecule has 10 heteroatoms. The molecule has 1 aromatic carbocycles. The molecule has 6 rings (SSSR count). The summed E-state index contributed by atoms with van der Waals surface area (Å²) in [6.07, 6.45) is 7.88. The highest BCUT2D eigenvalue weighted by molar-refractivity contribution is 7.16. The molecule has 1 aliphatic heterocycles. The largest absolute Gasteiger partial charge is 0.383 e. The smallest absolute Gasteiger partial charge is 0.246 e. The zero-order valence-corrected chi connectivity index (χ0v) is 21.2. The number of nitrogen functional groups attached to an aromatic ring is 1. The Morgan fingerprint density at radius 2 is 2.14 bits per heavy atom. The van der Waals surface area contributed by atoms with Crippen LogP contribution in [0.3, 0.4) is 0 Å². The molecule has 0 fully saturated rings. The Balaban J connectivity index is 1.34. The van der Waals surface area contributed by atoms with E-state index in [1.807, 2.05) is 52.3 Å². The van der Waals surface area contributed by atoms with Gasteiger partial charge >= 0.3 is 0 Å². The third-order valence-electron chi connectivity index (χ3n) is 7.07. The van der Waals surface area contributed by atoms with E-state index in [0.29, 0.717) is 18.9 Å². The minimum Gasteiger partial charge on any atom is -0.383 e. The van der Waals surface area contributed by atoms with Crippen LogP contribution in [0.15, 0.2) is 53.3 Å². The van der Waals surface area contributed by atoms with Crippen LogP contribution in [0.2, 0.25) is 0 Å². The number of amides is 1. The van der Waals surface area contributed by atoms with Gasteiger partial charge in [-0.1, -0.05) is 12.1 Å². The summed E-state index contributed by atoms with van der Waals surface area (Å²) in [6, 6.07) is 6.27. The molecular formula is C26H28N8OS. The SMILES string of the molecule is CN(C)CC=CC(=O)N1CCC2=C(CCC2n2nc(-c3ccc4ncsc4c3)c3c(N)ncnc32)C1. The van der Waals surface area contributed by atoms with Crippen LogP contribution in [-0.2, 0) is 4.79 Å². The predicted octanol–water partition coefficient (Wildman–Crippen LogP) is 3.67. The van der Waals surface area contributed by atoms with Crippen molar-refractivity contribution >= 4 is 44.3 Å². The van der Waals surface area contributed by atoms with Crippen molar-refractivity contribution in [3.63, 3.8) is 0 Å². The van der Waals surface area contributed by atoms with Crippen LogP contribution in [0.5, 0.6) is 0 Å². The standard InChI is InChI=1S/C26H28N8OS/c1-32(2)10-3-4-22(35)33-11-9-18-17(13-33)6-8-20(18)34-26-23(25(27)28-14-29-26)24(31-34)16-5-7-19-21(12-16)36-15-30-19/h3-5,7,12,14-15,20H,6,8-11,13H2,1-2H3,(H2,27,28,29). The summed E-state index contributed by atoms with van der Waals surface area (Å²) in [7, 11) is 3.98. The number of fused-ring (bicyclic) bond motifs is 2. The molecule has 0 radical (unpaired) electrons. The van der Waals surface area contributed by atoms with Crippen LogP contribution in [0.25, 0.3) is 32.5 Å². The number of nitrogens with two attached hydrogens (primary N) is 1. The zero-order valence-electron chi connectivity index (χ0n) is 20.4. The highest BCUT2D eigenvalue weighted by Crippen LogP contribution is 2.43. The molecule has 0 bridgehead atoms. The number of thiazole rings is 1. The van der Waals surface area contributed by atoms with Crippen molar-refractivity contribution in [3.05, 3.63) is 53.3 Å². The summed E-state index contributed by atoms with van der Waals surface area (Å²) in [5, 5.41) is 5.87. The van der Waals surface area contributed by atoms with Crippen LogP contribution in [0.4, 0.5) is 5.82 Å². The molecule has 2 N–H and O–H groups in total. The highest BCUT2D eigenvalue weighted by Gasteiger charge is 2.34. The Morgan fingerprint density at radius 3 is 3.00 bits per heavy atom. The van der Waals surface area contributed by atoms with Crippen molar-refractivity contribution in [2.75, 3.05) is 39.5 Å². The fraction of sp³-hybridized carbons (Fsp3) is 0.346. The van der Waals surface area contributed by atoms with E-state index >= 15 is 0 Å². The molecule has 4 heterocycles. The first-order valence-electron chi connectivity index (χ1n) is 12.1. The molecule has 4 aromatic rings. The molecule has 0 spiro atoms. The van der Waals surface area contributed by atoms with Gasteiger partial charge in [-0.05, 0) is 56.6 Å². The quantitative estimate of drug-likeness (QED) is 0.329. The number of carbonyl (C=O) groups excluding carboxylic acids is 1. The Labute approximate surface area is 212 Å². The summed E-state index contributed by atoms with van der Waals surface area (Å²) in [5.74, 6) is 0.514. The maximum Gasteiger partial charge on any atom is 0.246 e. The molecule has 0 saturated carbocycles. The van der Waals surface area contributed by atoms with Crippen LogP contribution in [0.1, 0.15) is 25.3 Å². The molecule has 1 amide bonds. The van der Waals surface area contributed by atoms with E-state index in [0.717, 1.165) is 58.3 Å². The predicted molar refractivity (Wildman–Crippen MR) is 143 cm³/mol. The normalized spacial score (nSPS) is 18.3. The van der Waals surface area contributed by atoms with Crippen LogP contribution < -0.4 is 5.73 Å². The third-order valence-corrected chi connectivity index (χ3v) is 7.86. The number of benzene rings is 1. The summed E-state index contributed by atoms with van der Waals surface area (Å²) in [6.45, 7) is 2.15. The van der Waals surface area contributed by atoms with Gasteiger partial charge in [0.15, 0.2) is 5.65 Å². The van der Waals surface area contributed by atoms with Gasteiger partial charge in [0.2, 0.25) is 5.91 Å². The van der Waals surface area contributed by atoms with E-state index in [4.69, 9.17) is 10.8 Å². The van der Waals surface area contributed by atoms with Crippen molar-refractivity contribution in [1.82, 2.24) is 34.5 Å². The summed E-state index contributed by atoms with van der Waals surface area (Å²) < 4.78 is 3.14. The number of carbonyl (C=O) groups is 1. The molecular weight excluding hydrogens is 472 g/mol. The summed E-state index contributed by atoms with van der Waals surface area (Å²) >= 11 is 1.61. The fourth-order valence-electron chi connectivity index (χ4n) is 5.32. The van der Waals surface area contributed by atoms with Crippen molar-refractivity contribution in [2.24, 2.45) is 0 Å². The second kappa shape index (κ2) is 9.11. The highest BCUT2D eigenvalue weighted by atomic mass is 32.1. The molecule has 36 heavy (non-hydrogen) atoms. The van der Waals surface area contributed by atoms with Crippen LogP contribution in [-0.4, -0.2) is 74.2 Å². The van der Waals surface area contributed by atoms with E-state index in [1.54, 1.807) is 17.4 Å². The summed E-state index contributed by atoms with van der Waals surface area (Å²) in [4.78, 5) is 30.0. The first kappa shape index (κ1) is 22.8. The number of nitrogens with zero attached hydrogens (tertiary/aromatic N) is 7. The van der Waals surface area contributed by atoms with Crippen molar-refractivity contribution in [3.8, 4) is 11.3 Å². The first-order chi connectivity index (χ1) is 17.5. The number of aromatic nitrogens is 5. The van der Waals surface area contributed by atoms with Crippen molar-refractivity contribution < 1.29 is 4.79 Å². The molecule has 1 aliphatic carbocycles. The average molecular weight is 501 g/mol. The van der Waals surface area contributed by atoms with Gasteiger partial charge in [0, 0.05) is 31.3 Å². The number of likely N-dealkylation sites (N-methyl/N-ethyl adjacent to an activating group) is 1. The van der Waals surface area contributed by atoms with Crippen LogP contribution >= 0.6 is 11.3 Å². The van der Waals surface area contributed by atoms with Gasteiger partial charge in [0.05, 0.1) is 27.2 Å². The number of rotatable bonds is 5. The lowest BCUT2D eigenvalue weighted by Gasteiger charge is -2.29. The van der Waals surface area contributed by atoms with Gasteiger partial charge in [0.1, 0.15) is 17.8 Å². The molecule has 9 nitrogen and oxygen atoms in total. The Morgan fingerprint density at radius 1 is 1.25 bits per heavy atom. The Kier molecular flexibility index (Phi) is 5.77. The van der Waals surface area contributed by atoms with Crippen molar-refractivity contribution in [2.45, 2.75) is 25.3 Å². The maximum absolute atomic E-state index is 12.7. The van der Waals surface area contributed by atoms with Gasteiger partial charge in [-0.15, -0.1) is 11.3 Å². The third kappa shape index (κ3) is 3.96. The number of hydrogen-bond donors (Lipinski definition) is 1. The lowest BCUT2D eigenvalue weighted by atomic mass is 10.00. The van der Waals surface area contributed by atoms with Crippen molar-refractivity contribution in [1.29, 1.82) is 0 Å². The van der Waals surface area contributed by atoms with Crippen LogP contribution in [0, 0.1) is 0 Å². The average Bonchev–Trinajstić information content (AvgIpc) is 3.59. The molecule has 0 saturated heterocycles. The zero-order chi connectivity index (χ0) is 24.8. The number of hydrogen-bond acceptors (Lipinski definition) is 8. The van der Waals surface area contributed by atoms with Gasteiger partial charge in [-0.2, -0.15) is 5.10 Å². The maximum atomic E-state index is 12.7. The lowest BCUT2D eigenvalue weighted by Crippen LogP contribution is -2.36. The monoisotopic (exact) mass is 500 g/mol. The topological polar surface area (TPSA) is 106 Å². The molecule has 1 atom stereocenters. The van der Waals surface area contributed by atoms with Gasteiger partial charge in [0.25, 0.3) is 0 Å². The second-order valence-electron chi connectivity index (χ2n) is 9.64. The Hall–Kier alpha value is -3.63. The minimum atomic E-state index is 0.0812. The van der Waals surface area contributed by atoms with Gasteiger partial charge < -0.3 is 15.5 Å². The molecule has 1 unspecified atom stereocenters. The van der Waals surface area contributed by atoms with E-state index in [1.165, 1.54) is 17.5 Å². The molecule has 2 aliphatic rings. The van der Waals surface area contributed by atoms with E-state index < -0.39 is 0 Å². The Bertz CT molecular complexity index is 1530. The molecule has 184 valence electrons. The minimum absolute atomic E-state index is 0.0812. The fourth-order valence-corrected chi connectivity index (χ4v) is 6.03. The number of anilines is 1.